The van der Waals surface area contributed by atoms with Crippen LogP contribution in [0.1, 0.15) is 5.56 Å². The first-order chi connectivity index (χ1) is 10.8. The second-order valence-corrected chi connectivity index (χ2v) is 8.02. The number of hydrogen-bond donors (Lipinski definition) is 1. The number of sulfonamides is 1. The maximum atomic E-state index is 12.2. The number of anilines is 1. The van der Waals surface area contributed by atoms with E-state index in [4.69, 9.17) is 0 Å². The van der Waals surface area contributed by atoms with Crippen LogP contribution < -0.4 is 5.32 Å². The second-order valence-electron chi connectivity index (χ2n) is 4.80. The summed E-state index contributed by atoms with van der Waals surface area (Å²) in [7, 11) is -1.97. The summed E-state index contributed by atoms with van der Waals surface area (Å²) in [4.78, 5) is 14.2. The number of rotatable bonds is 7. The molecule has 23 heavy (non-hydrogen) atoms. The molecule has 0 spiro atoms. The van der Waals surface area contributed by atoms with Crippen molar-refractivity contribution >= 4 is 32.9 Å². The quantitative estimate of drug-likeness (QED) is 0.601. The lowest BCUT2D eigenvalue weighted by molar-refractivity contribution is -0.385. The summed E-state index contributed by atoms with van der Waals surface area (Å²) in [5, 5.41) is 15.4. The predicted octanol–water partition coefficient (Wildman–Crippen LogP) is 2.09. The average molecular weight is 356 g/mol. The molecule has 0 radical (unpaired) electrons. The van der Waals surface area contributed by atoms with E-state index in [1.165, 1.54) is 28.9 Å². The van der Waals surface area contributed by atoms with Crippen LogP contribution in [0.5, 0.6) is 0 Å². The highest BCUT2D eigenvalue weighted by atomic mass is 32.2. The molecule has 0 bridgehead atoms. The van der Waals surface area contributed by atoms with Gasteiger partial charge in [-0.15, -0.1) is 11.3 Å². The Kier molecular flexibility index (Phi) is 5.29. The van der Waals surface area contributed by atoms with E-state index in [0.29, 0.717) is 22.1 Å². The van der Waals surface area contributed by atoms with Crippen LogP contribution in [0.15, 0.2) is 34.0 Å². The summed E-state index contributed by atoms with van der Waals surface area (Å²) in [6.45, 7) is 2.21. The van der Waals surface area contributed by atoms with Crippen LogP contribution >= 0.6 is 11.3 Å². The SMILES string of the molecule is Cc1cc(NCCN(C)S(=O)(=O)c2cccs2)ncc1[N+](=O)[O-]. The molecule has 8 nitrogen and oxygen atoms in total. The fraction of sp³-hybridized carbons (Fsp3) is 0.308. The molecule has 0 aliphatic heterocycles. The Morgan fingerprint density at radius 1 is 1.48 bits per heavy atom. The standard InChI is InChI=1S/C13H16N4O4S2/c1-10-8-12(15-9-11(10)17(18)19)14-5-6-16(2)23(20,21)13-4-3-7-22-13/h3-4,7-9H,5-6H2,1-2H3,(H,14,15). The van der Waals surface area contributed by atoms with E-state index >= 15 is 0 Å². The van der Waals surface area contributed by atoms with Gasteiger partial charge in [0.2, 0.25) is 0 Å². The molecule has 0 saturated heterocycles. The zero-order valence-corrected chi connectivity index (χ0v) is 14.2. The summed E-state index contributed by atoms with van der Waals surface area (Å²) in [6.07, 6.45) is 1.18. The molecule has 0 saturated carbocycles. The third kappa shape index (κ3) is 4.03. The van der Waals surface area contributed by atoms with E-state index in [9.17, 15) is 18.5 Å². The Labute approximate surface area is 138 Å². The molecule has 0 fully saturated rings. The monoisotopic (exact) mass is 356 g/mol. The first-order valence-corrected chi connectivity index (χ1v) is 8.99. The van der Waals surface area contributed by atoms with Crippen molar-refractivity contribution in [3.8, 4) is 0 Å². The number of pyridine rings is 1. The molecule has 2 aromatic heterocycles. The van der Waals surface area contributed by atoms with E-state index in [1.54, 1.807) is 30.5 Å². The number of aryl methyl sites for hydroxylation is 1. The van der Waals surface area contributed by atoms with Crippen molar-refractivity contribution in [3.63, 3.8) is 0 Å². The molecule has 0 unspecified atom stereocenters. The summed E-state index contributed by atoms with van der Waals surface area (Å²) >= 11 is 1.17. The minimum atomic E-state index is -3.47. The molecule has 2 heterocycles. The van der Waals surface area contributed by atoms with E-state index in [-0.39, 0.29) is 12.2 Å². The molecular formula is C13H16N4O4S2. The second kappa shape index (κ2) is 7.02. The van der Waals surface area contributed by atoms with E-state index in [1.807, 2.05) is 0 Å². The maximum absolute atomic E-state index is 12.2. The number of thiophene rings is 1. The fourth-order valence-electron chi connectivity index (χ4n) is 1.86. The third-order valence-electron chi connectivity index (χ3n) is 3.17. The Hall–Kier alpha value is -2.04. The van der Waals surface area contributed by atoms with Gasteiger partial charge in [-0.05, 0) is 24.4 Å². The summed E-state index contributed by atoms with van der Waals surface area (Å²) < 4.78 is 26.0. The van der Waals surface area contributed by atoms with E-state index in [0.717, 1.165) is 0 Å². The lowest BCUT2D eigenvalue weighted by Gasteiger charge is -2.16. The summed E-state index contributed by atoms with van der Waals surface area (Å²) in [5.41, 5.74) is 0.444. The van der Waals surface area contributed by atoms with Crippen molar-refractivity contribution in [3.05, 3.63) is 45.5 Å². The van der Waals surface area contributed by atoms with Crippen molar-refractivity contribution in [2.75, 3.05) is 25.5 Å². The number of likely N-dealkylation sites (N-methyl/N-ethyl adjacent to an activating group) is 1. The number of nitrogens with zero attached hydrogens (tertiary/aromatic N) is 3. The molecule has 10 heteroatoms. The van der Waals surface area contributed by atoms with Crippen LogP contribution in [-0.4, -0.2) is 42.8 Å². The highest BCUT2D eigenvalue weighted by Gasteiger charge is 2.21. The Balaban J connectivity index is 1.95. The van der Waals surface area contributed by atoms with Crippen molar-refractivity contribution in [1.29, 1.82) is 0 Å². The number of aromatic nitrogens is 1. The van der Waals surface area contributed by atoms with E-state index in [2.05, 4.69) is 10.3 Å². The van der Waals surface area contributed by atoms with Gasteiger partial charge >= 0.3 is 0 Å². The van der Waals surface area contributed by atoms with Gasteiger partial charge in [-0.1, -0.05) is 6.07 Å². The van der Waals surface area contributed by atoms with Crippen molar-refractivity contribution in [1.82, 2.24) is 9.29 Å². The lowest BCUT2D eigenvalue weighted by atomic mass is 10.2. The number of nitrogens with one attached hydrogen (secondary N) is 1. The molecule has 0 atom stereocenters. The number of nitro groups is 1. The third-order valence-corrected chi connectivity index (χ3v) is 6.40. The van der Waals surface area contributed by atoms with Gasteiger partial charge in [0, 0.05) is 25.7 Å². The topological polar surface area (TPSA) is 105 Å². The van der Waals surface area contributed by atoms with Crippen molar-refractivity contribution in [2.24, 2.45) is 0 Å². The largest absolute Gasteiger partial charge is 0.369 e. The minimum Gasteiger partial charge on any atom is -0.369 e. The predicted molar refractivity (Wildman–Crippen MR) is 88.3 cm³/mol. The van der Waals surface area contributed by atoms with Gasteiger partial charge in [0.25, 0.3) is 15.7 Å². The van der Waals surface area contributed by atoms with Gasteiger partial charge in [-0.2, -0.15) is 4.31 Å². The van der Waals surface area contributed by atoms with Crippen LogP contribution in [0.25, 0.3) is 0 Å². The number of hydrogen-bond acceptors (Lipinski definition) is 7. The van der Waals surface area contributed by atoms with Crippen LogP contribution in [-0.2, 0) is 10.0 Å². The molecule has 0 aliphatic rings. The first-order valence-electron chi connectivity index (χ1n) is 6.67. The van der Waals surface area contributed by atoms with Crippen LogP contribution in [0.4, 0.5) is 11.5 Å². The molecular weight excluding hydrogens is 340 g/mol. The Bertz CT molecular complexity index is 790. The zero-order valence-electron chi connectivity index (χ0n) is 12.6. The van der Waals surface area contributed by atoms with Crippen LogP contribution in [0, 0.1) is 17.0 Å². The fourth-order valence-corrected chi connectivity index (χ4v) is 4.23. The molecule has 0 amide bonds. The van der Waals surface area contributed by atoms with Crippen LogP contribution in [0.2, 0.25) is 0 Å². The molecule has 0 aromatic carbocycles. The summed E-state index contributed by atoms with van der Waals surface area (Å²) in [6, 6.07) is 4.81. The molecule has 1 N–H and O–H groups in total. The highest BCUT2D eigenvalue weighted by molar-refractivity contribution is 7.91. The normalized spacial score (nSPS) is 11.6. The summed E-state index contributed by atoms with van der Waals surface area (Å²) in [5.74, 6) is 0.468. The Morgan fingerprint density at radius 2 is 2.22 bits per heavy atom. The van der Waals surface area contributed by atoms with Crippen LogP contribution in [0.3, 0.4) is 0 Å². The molecule has 0 aliphatic carbocycles. The van der Waals surface area contributed by atoms with Gasteiger partial charge in [-0.3, -0.25) is 10.1 Å². The van der Waals surface area contributed by atoms with E-state index < -0.39 is 14.9 Å². The van der Waals surface area contributed by atoms with Crippen molar-refractivity contribution in [2.45, 2.75) is 11.1 Å². The zero-order chi connectivity index (χ0) is 17.0. The average Bonchev–Trinajstić information content (AvgIpc) is 3.01. The molecule has 2 aromatic rings. The van der Waals surface area contributed by atoms with Gasteiger partial charge < -0.3 is 5.32 Å². The Morgan fingerprint density at radius 3 is 2.78 bits per heavy atom. The molecule has 124 valence electrons. The van der Waals surface area contributed by atoms with Crippen molar-refractivity contribution < 1.29 is 13.3 Å². The molecule has 2 rings (SSSR count). The first kappa shape index (κ1) is 17.3. The maximum Gasteiger partial charge on any atom is 0.290 e. The van der Waals surface area contributed by atoms with Gasteiger partial charge in [-0.25, -0.2) is 13.4 Å². The minimum absolute atomic E-state index is 0.0482. The smallest absolute Gasteiger partial charge is 0.290 e. The van der Waals surface area contributed by atoms with Gasteiger partial charge in [0.1, 0.15) is 16.2 Å². The lowest BCUT2D eigenvalue weighted by Crippen LogP contribution is -2.31. The van der Waals surface area contributed by atoms with Gasteiger partial charge in [0.05, 0.1) is 4.92 Å². The van der Waals surface area contributed by atoms with Gasteiger partial charge in [0.15, 0.2) is 0 Å². The highest BCUT2D eigenvalue weighted by Crippen LogP contribution is 2.20.